The summed E-state index contributed by atoms with van der Waals surface area (Å²) in [6.07, 6.45) is 0.636. The smallest absolute Gasteiger partial charge is 0.247 e. The molecule has 0 spiro atoms. The van der Waals surface area contributed by atoms with E-state index in [4.69, 9.17) is 5.21 Å². The fourth-order valence-corrected chi connectivity index (χ4v) is 5.29. The van der Waals surface area contributed by atoms with Gasteiger partial charge < -0.3 is 4.98 Å². The number of hydrogen-bond acceptors (Lipinski definition) is 4. The van der Waals surface area contributed by atoms with Crippen molar-refractivity contribution in [3.05, 3.63) is 35.5 Å². The summed E-state index contributed by atoms with van der Waals surface area (Å²) in [7, 11) is -3.62. The average Bonchev–Trinajstić information content (AvgIpc) is 2.96. The van der Waals surface area contributed by atoms with E-state index in [0.717, 1.165) is 22.2 Å². The topological polar surface area (TPSA) is 103 Å². The van der Waals surface area contributed by atoms with Gasteiger partial charge in [-0.15, -0.1) is 0 Å². The first kappa shape index (κ1) is 17.9. The molecule has 0 saturated carbocycles. The van der Waals surface area contributed by atoms with Crippen molar-refractivity contribution in [2.45, 2.75) is 26.8 Å². The Balaban J connectivity index is 1.83. The van der Waals surface area contributed by atoms with Crippen LogP contribution in [-0.2, 0) is 27.8 Å². The van der Waals surface area contributed by atoms with Gasteiger partial charge in [0.05, 0.1) is 18.2 Å². The first-order valence-electron chi connectivity index (χ1n) is 8.33. The minimum atomic E-state index is -3.62. The van der Waals surface area contributed by atoms with E-state index in [-0.39, 0.29) is 18.2 Å². The molecule has 3 N–H and O–H groups in total. The average molecular weight is 365 g/mol. The molecule has 0 radical (unpaired) electrons. The summed E-state index contributed by atoms with van der Waals surface area (Å²) in [5.41, 5.74) is 4.65. The molecule has 1 aromatic carbocycles. The number of hydrogen-bond donors (Lipinski definition) is 3. The van der Waals surface area contributed by atoms with Crippen molar-refractivity contribution < 1.29 is 18.4 Å². The molecule has 1 aliphatic heterocycles. The van der Waals surface area contributed by atoms with Crippen LogP contribution in [0.1, 0.15) is 25.1 Å². The summed E-state index contributed by atoms with van der Waals surface area (Å²) in [5.74, 6) is -1.97. The van der Waals surface area contributed by atoms with Crippen LogP contribution in [-0.4, -0.2) is 41.1 Å². The third kappa shape index (κ3) is 3.42. The van der Waals surface area contributed by atoms with Gasteiger partial charge in [0, 0.05) is 23.1 Å². The predicted molar refractivity (Wildman–Crippen MR) is 94.5 cm³/mol. The number of carbonyl (C=O) groups is 1. The fraction of sp³-hybridized carbons (Fsp3) is 0.471. The maximum atomic E-state index is 12.8. The molecule has 25 heavy (non-hydrogen) atoms. The number of aromatic amines is 1. The van der Waals surface area contributed by atoms with Crippen LogP contribution < -0.4 is 5.48 Å². The predicted octanol–water partition coefficient (Wildman–Crippen LogP) is 1.63. The van der Waals surface area contributed by atoms with Crippen molar-refractivity contribution in [2.75, 3.05) is 12.3 Å². The molecule has 2 heterocycles. The third-order valence-corrected chi connectivity index (χ3v) is 6.76. The number of nitrogens with one attached hydrogen (secondary N) is 2. The Hall–Kier alpha value is -1.90. The first-order chi connectivity index (χ1) is 11.8. The zero-order valence-electron chi connectivity index (χ0n) is 14.3. The van der Waals surface area contributed by atoms with Gasteiger partial charge >= 0.3 is 0 Å². The highest BCUT2D eigenvalue weighted by Gasteiger charge is 2.34. The van der Waals surface area contributed by atoms with E-state index < -0.39 is 21.8 Å². The molecule has 0 saturated heterocycles. The van der Waals surface area contributed by atoms with E-state index in [9.17, 15) is 13.2 Å². The van der Waals surface area contributed by atoms with E-state index >= 15 is 0 Å². The lowest BCUT2D eigenvalue weighted by Gasteiger charge is -2.28. The number of rotatable bonds is 5. The summed E-state index contributed by atoms with van der Waals surface area (Å²) in [5, 5.41) is 9.99. The van der Waals surface area contributed by atoms with Crippen LogP contribution in [0.15, 0.2) is 24.3 Å². The molecule has 2 aromatic rings. The number of nitrogens with zero attached hydrogens (tertiary/aromatic N) is 1. The minimum absolute atomic E-state index is 0.199. The number of aromatic nitrogens is 1. The van der Waals surface area contributed by atoms with Gasteiger partial charge in [-0.3, -0.25) is 10.0 Å². The van der Waals surface area contributed by atoms with Gasteiger partial charge in [-0.1, -0.05) is 32.0 Å². The highest BCUT2D eigenvalue weighted by atomic mass is 32.2. The molecule has 1 amide bonds. The molecule has 1 atom stereocenters. The van der Waals surface area contributed by atoms with E-state index in [1.165, 1.54) is 4.31 Å². The van der Waals surface area contributed by atoms with Crippen LogP contribution >= 0.6 is 0 Å². The van der Waals surface area contributed by atoms with Gasteiger partial charge in [-0.2, -0.15) is 4.31 Å². The Bertz CT molecular complexity index is 888. The molecule has 1 unspecified atom stereocenters. The quantitative estimate of drug-likeness (QED) is 0.553. The highest BCUT2D eigenvalue weighted by Crippen LogP contribution is 2.29. The Morgan fingerprint density at radius 3 is 2.76 bits per heavy atom. The standard InChI is InChI=1S/C17H23N3O4S/c1-11(2)14(17(21)19-22)10-25(23,24)20-8-7-13-12-5-3-4-6-15(12)18-16(13)9-20/h3-6,11,14,18,22H,7-10H2,1-2H3,(H,19,21). The summed E-state index contributed by atoms with van der Waals surface area (Å²) >= 11 is 0. The second-order valence-electron chi connectivity index (χ2n) is 6.82. The van der Waals surface area contributed by atoms with Crippen LogP contribution in [0, 0.1) is 11.8 Å². The summed E-state index contributed by atoms with van der Waals surface area (Å²) in [4.78, 5) is 15.1. The van der Waals surface area contributed by atoms with Crippen molar-refractivity contribution in [3.63, 3.8) is 0 Å². The van der Waals surface area contributed by atoms with Gasteiger partial charge in [0.15, 0.2) is 0 Å². The summed E-state index contributed by atoms with van der Waals surface area (Å²) in [6, 6.07) is 7.93. The number of amides is 1. The van der Waals surface area contributed by atoms with Crippen molar-refractivity contribution in [1.82, 2.24) is 14.8 Å². The largest absolute Gasteiger partial charge is 0.357 e. The highest BCUT2D eigenvalue weighted by molar-refractivity contribution is 7.89. The van der Waals surface area contributed by atoms with Crippen molar-refractivity contribution >= 4 is 26.8 Å². The zero-order chi connectivity index (χ0) is 18.2. The molecule has 1 aromatic heterocycles. The Labute approximate surface area is 147 Å². The van der Waals surface area contributed by atoms with Crippen LogP contribution in [0.2, 0.25) is 0 Å². The van der Waals surface area contributed by atoms with Crippen molar-refractivity contribution in [2.24, 2.45) is 11.8 Å². The lowest BCUT2D eigenvalue weighted by molar-refractivity contribution is -0.134. The summed E-state index contributed by atoms with van der Waals surface area (Å²) < 4.78 is 27.0. The number of carbonyl (C=O) groups excluding carboxylic acids is 1. The van der Waals surface area contributed by atoms with E-state index in [1.807, 2.05) is 24.3 Å². The molecular formula is C17H23N3O4S. The monoisotopic (exact) mass is 365 g/mol. The Morgan fingerprint density at radius 2 is 2.08 bits per heavy atom. The maximum absolute atomic E-state index is 12.8. The minimum Gasteiger partial charge on any atom is -0.357 e. The molecule has 136 valence electrons. The first-order valence-corrected chi connectivity index (χ1v) is 9.94. The number of hydroxylamine groups is 1. The Kier molecular flexibility index (Phi) is 4.86. The van der Waals surface area contributed by atoms with Crippen LogP contribution in [0.4, 0.5) is 0 Å². The SMILES string of the molecule is CC(C)C(CS(=O)(=O)N1CCc2c([nH]c3ccccc23)C1)C(=O)NO. The molecule has 0 fully saturated rings. The van der Waals surface area contributed by atoms with E-state index in [0.29, 0.717) is 13.0 Å². The summed E-state index contributed by atoms with van der Waals surface area (Å²) in [6.45, 7) is 4.20. The lowest BCUT2D eigenvalue weighted by Crippen LogP contribution is -2.43. The molecule has 0 bridgehead atoms. The van der Waals surface area contributed by atoms with Gasteiger partial charge in [0.2, 0.25) is 15.9 Å². The number of benzene rings is 1. The molecule has 3 rings (SSSR count). The Morgan fingerprint density at radius 1 is 1.36 bits per heavy atom. The van der Waals surface area contributed by atoms with E-state index in [1.54, 1.807) is 19.3 Å². The number of sulfonamides is 1. The van der Waals surface area contributed by atoms with Crippen LogP contribution in [0.25, 0.3) is 10.9 Å². The third-order valence-electron chi connectivity index (χ3n) is 4.88. The normalized spacial score (nSPS) is 16.8. The van der Waals surface area contributed by atoms with Crippen molar-refractivity contribution in [3.8, 4) is 0 Å². The van der Waals surface area contributed by atoms with E-state index in [2.05, 4.69) is 4.98 Å². The second kappa shape index (κ2) is 6.78. The van der Waals surface area contributed by atoms with Gasteiger partial charge in [0.1, 0.15) is 0 Å². The molecule has 7 nitrogen and oxygen atoms in total. The lowest BCUT2D eigenvalue weighted by atomic mass is 9.97. The van der Waals surface area contributed by atoms with Crippen molar-refractivity contribution in [1.29, 1.82) is 0 Å². The van der Waals surface area contributed by atoms with Gasteiger partial charge in [-0.25, -0.2) is 13.9 Å². The number of para-hydroxylation sites is 1. The van der Waals surface area contributed by atoms with Crippen LogP contribution in [0.5, 0.6) is 0 Å². The maximum Gasteiger partial charge on any atom is 0.247 e. The molecule has 8 heteroatoms. The van der Waals surface area contributed by atoms with Crippen LogP contribution in [0.3, 0.4) is 0 Å². The molecule has 1 aliphatic rings. The zero-order valence-corrected chi connectivity index (χ0v) is 15.1. The molecular weight excluding hydrogens is 342 g/mol. The molecule has 0 aliphatic carbocycles. The fourth-order valence-electron chi connectivity index (χ4n) is 3.39. The second-order valence-corrected chi connectivity index (χ2v) is 8.83. The number of fused-ring (bicyclic) bond motifs is 3. The number of H-pyrrole nitrogens is 1. The van der Waals surface area contributed by atoms with Gasteiger partial charge in [-0.05, 0) is 24.0 Å². The van der Waals surface area contributed by atoms with Gasteiger partial charge in [0.25, 0.3) is 0 Å².